The maximum Gasteiger partial charge on any atom is 0.223 e. The zero-order valence-electron chi connectivity index (χ0n) is 11.6. The maximum atomic E-state index is 12.1. The highest BCUT2D eigenvalue weighted by atomic mass is 16.5. The highest BCUT2D eigenvalue weighted by molar-refractivity contribution is 5.99. The van der Waals surface area contributed by atoms with E-state index in [2.05, 4.69) is 4.98 Å². The number of ether oxygens (including phenoxy) is 1. The van der Waals surface area contributed by atoms with Crippen LogP contribution in [0.2, 0.25) is 0 Å². The first-order chi connectivity index (χ1) is 9.75. The molecule has 0 spiro atoms. The molecule has 108 valence electrons. The molecule has 2 heterocycles. The highest BCUT2D eigenvalue weighted by Gasteiger charge is 2.23. The van der Waals surface area contributed by atoms with Gasteiger partial charge in [-0.1, -0.05) is 0 Å². The van der Waals surface area contributed by atoms with Gasteiger partial charge in [0.2, 0.25) is 5.91 Å². The Hall–Kier alpha value is -1.62. The van der Waals surface area contributed by atoms with Gasteiger partial charge in [-0.25, -0.2) is 0 Å². The second-order valence-electron chi connectivity index (χ2n) is 5.44. The Bertz CT molecular complexity index is 515. The van der Waals surface area contributed by atoms with E-state index < -0.39 is 0 Å². The number of hydrogen-bond donors (Lipinski definition) is 1. The predicted octanol–water partition coefficient (Wildman–Crippen LogP) is 1.33. The van der Waals surface area contributed by atoms with Crippen molar-refractivity contribution in [2.24, 2.45) is 0 Å². The summed E-state index contributed by atoms with van der Waals surface area (Å²) in [4.78, 5) is 29.1. The second-order valence-corrected chi connectivity index (χ2v) is 5.44. The lowest BCUT2D eigenvalue weighted by molar-refractivity contribution is -0.135. The van der Waals surface area contributed by atoms with Crippen molar-refractivity contribution in [3.63, 3.8) is 0 Å². The molecule has 0 saturated carbocycles. The number of carbonyl (C=O) groups is 2. The summed E-state index contributed by atoms with van der Waals surface area (Å²) in [6, 6.07) is 0. The van der Waals surface area contributed by atoms with Gasteiger partial charge in [0.15, 0.2) is 5.78 Å². The topological polar surface area (TPSA) is 62.4 Å². The maximum absolute atomic E-state index is 12.1. The van der Waals surface area contributed by atoms with Crippen molar-refractivity contribution < 1.29 is 14.3 Å². The summed E-state index contributed by atoms with van der Waals surface area (Å²) in [5.41, 5.74) is 2.91. The van der Waals surface area contributed by atoms with Gasteiger partial charge in [0.25, 0.3) is 0 Å². The SMILES string of the molecule is O=C1CCCc2[nH]cc(CCC(=O)N3CCOCC3)c21. The third-order valence-electron chi connectivity index (χ3n) is 4.12. The lowest BCUT2D eigenvalue weighted by atomic mass is 9.92. The smallest absolute Gasteiger partial charge is 0.223 e. The van der Waals surface area contributed by atoms with Crippen molar-refractivity contribution in [3.05, 3.63) is 23.0 Å². The Labute approximate surface area is 118 Å². The van der Waals surface area contributed by atoms with Crippen LogP contribution in [0.15, 0.2) is 6.20 Å². The number of aromatic nitrogens is 1. The number of nitrogens with zero attached hydrogens (tertiary/aromatic N) is 1. The lowest BCUT2D eigenvalue weighted by Gasteiger charge is -2.26. The number of morpholine rings is 1. The van der Waals surface area contributed by atoms with Crippen LogP contribution in [-0.2, 0) is 22.4 Å². The van der Waals surface area contributed by atoms with Crippen LogP contribution in [0.1, 0.15) is 40.9 Å². The average molecular weight is 276 g/mol. The number of H-pyrrole nitrogens is 1. The average Bonchev–Trinajstić information content (AvgIpc) is 2.90. The number of aryl methyl sites for hydroxylation is 2. The molecule has 0 bridgehead atoms. The van der Waals surface area contributed by atoms with E-state index in [4.69, 9.17) is 4.74 Å². The first-order valence-corrected chi connectivity index (χ1v) is 7.33. The minimum atomic E-state index is 0.159. The summed E-state index contributed by atoms with van der Waals surface area (Å²) in [7, 11) is 0. The summed E-state index contributed by atoms with van der Waals surface area (Å²) in [5, 5.41) is 0. The fourth-order valence-corrected chi connectivity index (χ4v) is 3.02. The third-order valence-corrected chi connectivity index (χ3v) is 4.12. The molecule has 20 heavy (non-hydrogen) atoms. The van der Waals surface area contributed by atoms with E-state index in [1.807, 2.05) is 11.1 Å². The molecule has 0 radical (unpaired) electrons. The summed E-state index contributed by atoms with van der Waals surface area (Å²) < 4.78 is 5.25. The monoisotopic (exact) mass is 276 g/mol. The van der Waals surface area contributed by atoms with Crippen LogP contribution >= 0.6 is 0 Å². The highest BCUT2D eigenvalue weighted by Crippen LogP contribution is 2.25. The van der Waals surface area contributed by atoms with Crippen LogP contribution in [0.5, 0.6) is 0 Å². The molecular weight excluding hydrogens is 256 g/mol. The van der Waals surface area contributed by atoms with Gasteiger partial charge in [0, 0.05) is 43.4 Å². The largest absolute Gasteiger partial charge is 0.378 e. The molecule has 0 atom stereocenters. The van der Waals surface area contributed by atoms with Gasteiger partial charge >= 0.3 is 0 Å². The van der Waals surface area contributed by atoms with Gasteiger partial charge in [-0.2, -0.15) is 0 Å². The molecule has 3 rings (SSSR count). The molecule has 1 aromatic heterocycles. The van der Waals surface area contributed by atoms with E-state index in [9.17, 15) is 9.59 Å². The number of aromatic amines is 1. The quantitative estimate of drug-likeness (QED) is 0.906. The molecule has 1 aliphatic heterocycles. The predicted molar refractivity (Wildman–Crippen MR) is 73.8 cm³/mol. The number of ketones is 1. The number of hydrogen-bond acceptors (Lipinski definition) is 3. The van der Waals surface area contributed by atoms with E-state index in [-0.39, 0.29) is 11.7 Å². The molecule has 1 amide bonds. The molecular formula is C15H20N2O3. The molecule has 1 N–H and O–H groups in total. The number of rotatable bonds is 3. The summed E-state index contributed by atoms with van der Waals surface area (Å²) in [6.07, 6.45) is 5.53. The Balaban J connectivity index is 1.62. The Kier molecular flexibility index (Phi) is 3.87. The summed E-state index contributed by atoms with van der Waals surface area (Å²) in [5.74, 6) is 0.382. The zero-order valence-corrected chi connectivity index (χ0v) is 11.6. The number of amides is 1. The fourth-order valence-electron chi connectivity index (χ4n) is 3.02. The standard InChI is InChI=1S/C15H20N2O3/c18-13-3-1-2-12-15(13)11(10-16-12)4-5-14(19)17-6-8-20-9-7-17/h10,16H,1-9H2. The molecule has 2 aliphatic rings. The van der Waals surface area contributed by atoms with Crippen LogP contribution in [0.25, 0.3) is 0 Å². The van der Waals surface area contributed by atoms with E-state index in [1.54, 1.807) is 0 Å². The molecule has 1 saturated heterocycles. The minimum Gasteiger partial charge on any atom is -0.378 e. The van der Waals surface area contributed by atoms with Crippen molar-refractivity contribution in [2.45, 2.75) is 32.1 Å². The molecule has 0 aromatic carbocycles. The second kappa shape index (κ2) is 5.79. The first-order valence-electron chi connectivity index (χ1n) is 7.33. The van der Waals surface area contributed by atoms with Crippen molar-refractivity contribution in [1.29, 1.82) is 0 Å². The van der Waals surface area contributed by atoms with Crippen LogP contribution < -0.4 is 0 Å². The summed E-state index contributed by atoms with van der Waals surface area (Å²) in [6.45, 7) is 2.62. The van der Waals surface area contributed by atoms with Gasteiger partial charge in [-0.15, -0.1) is 0 Å². The lowest BCUT2D eigenvalue weighted by Crippen LogP contribution is -2.40. The van der Waals surface area contributed by atoms with Gasteiger partial charge in [-0.3, -0.25) is 9.59 Å². The van der Waals surface area contributed by atoms with Gasteiger partial charge in [0.05, 0.1) is 13.2 Å². The van der Waals surface area contributed by atoms with Gasteiger partial charge < -0.3 is 14.6 Å². The fraction of sp³-hybridized carbons (Fsp3) is 0.600. The molecule has 5 heteroatoms. The molecule has 1 aliphatic carbocycles. The molecule has 1 aromatic rings. The number of nitrogens with one attached hydrogen (secondary N) is 1. The van der Waals surface area contributed by atoms with Crippen LogP contribution in [0.3, 0.4) is 0 Å². The first kappa shape index (κ1) is 13.4. The zero-order chi connectivity index (χ0) is 13.9. The van der Waals surface area contributed by atoms with Crippen LogP contribution in [0, 0.1) is 0 Å². The van der Waals surface area contributed by atoms with Gasteiger partial charge in [-0.05, 0) is 24.8 Å². The van der Waals surface area contributed by atoms with E-state index in [1.165, 1.54) is 0 Å². The Morgan fingerprint density at radius 1 is 1.30 bits per heavy atom. The van der Waals surface area contributed by atoms with Crippen molar-refractivity contribution in [1.82, 2.24) is 9.88 Å². The normalized spacial score (nSPS) is 19.0. The minimum absolute atomic E-state index is 0.159. The third kappa shape index (κ3) is 2.63. The molecule has 5 nitrogen and oxygen atoms in total. The van der Waals surface area contributed by atoms with E-state index >= 15 is 0 Å². The molecule has 0 unspecified atom stereocenters. The Morgan fingerprint density at radius 2 is 2.10 bits per heavy atom. The van der Waals surface area contributed by atoms with Crippen molar-refractivity contribution in [2.75, 3.05) is 26.3 Å². The Morgan fingerprint density at radius 3 is 2.90 bits per heavy atom. The van der Waals surface area contributed by atoms with E-state index in [0.29, 0.717) is 45.6 Å². The number of carbonyl (C=O) groups excluding carboxylic acids is 2. The van der Waals surface area contributed by atoms with Crippen molar-refractivity contribution >= 4 is 11.7 Å². The van der Waals surface area contributed by atoms with Crippen molar-refractivity contribution in [3.8, 4) is 0 Å². The van der Waals surface area contributed by atoms with Gasteiger partial charge in [0.1, 0.15) is 0 Å². The van der Waals surface area contributed by atoms with Crippen LogP contribution in [-0.4, -0.2) is 47.9 Å². The molecule has 1 fully saturated rings. The van der Waals surface area contributed by atoms with Crippen LogP contribution in [0.4, 0.5) is 0 Å². The number of fused-ring (bicyclic) bond motifs is 1. The number of Topliss-reactive ketones (excluding diaryl/α,β-unsaturated/α-hetero) is 1. The summed E-state index contributed by atoms with van der Waals surface area (Å²) >= 11 is 0. The van der Waals surface area contributed by atoms with E-state index in [0.717, 1.165) is 29.7 Å².